The average molecular weight is 212 g/mol. The topological polar surface area (TPSA) is 48.1 Å². The maximum absolute atomic E-state index is 5.70. The molecule has 1 fully saturated rings. The third-order valence-corrected chi connectivity index (χ3v) is 3.59. The Morgan fingerprint density at radius 3 is 2.93 bits per heavy atom. The molecule has 3 nitrogen and oxygen atoms in total. The molecule has 0 unspecified atom stereocenters. The van der Waals surface area contributed by atoms with Gasteiger partial charge in [-0.25, -0.2) is 4.98 Å². The van der Waals surface area contributed by atoms with E-state index in [9.17, 15) is 0 Å². The Bertz CT molecular complexity index is 307. The number of methoxy groups -OCH3 is 1. The Morgan fingerprint density at radius 1 is 1.57 bits per heavy atom. The number of ether oxygens (including phenoxy) is 1. The number of aromatic nitrogens is 1. The molecule has 1 saturated carbocycles. The van der Waals surface area contributed by atoms with Crippen LogP contribution in [0.5, 0.6) is 0 Å². The predicted molar refractivity (Wildman–Crippen MR) is 57.6 cm³/mol. The minimum Gasteiger partial charge on any atom is -0.384 e. The van der Waals surface area contributed by atoms with E-state index >= 15 is 0 Å². The van der Waals surface area contributed by atoms with E-state index in [0.717, 1.165) is 13.0 Å². The lowest BCUT2D eigenvalue weighted by Gasteiger charge is -1.93. The lowest BCUT2D eigenvalue weighted by Crippen LogP contribution is -1.97. The summed E-state index contributed by atoms with van der Waals surface area (Å²) in [4.78, 5) is 5.92. The largest absolute Gasteiger partial charge is 0.384 e. The quantitative estimate of drug-likeness (QED) is 0.807. The van der Waals surface area contributed by atoms with Gasteiger partial charge in [-0.15, -0.1) is 11.3 Å². The lowest BCUT2D eigenvalue weighted by molar-refractivity contribution is 0.202. The van der Waals surface area contributed by atoms with Crippen LogP contribution in [0.4, 0.5) is 0 Å². The van der Waals surface area contributed by atoms with Crippen molar-refractivity contribution in [1.82, 2.24) is 4.98 Å². The van der Waals surface area contributed by atoms with Crippen LogP contribution >= 0.6 is 11.3 Å². The molecule has 0 atom stereocenters. The molecule has 1 aromatic rings. The molecule has 0 saturated heterocycles. The molecule has 2 rings (SSSR count). The molecule has 1 aliphatic carbocycles. The van der Waals surface area contributed by atoms with Crippen molar-refractivity contribution >= 4 is 11.3 Å². The Kier molecular flexibility index (Phi) is 3.15. The molecule has 0 amide bonds. The van der Waals surface area contributed by atoms with Crippen molar-refractivity contribution < 1.29 is 4.74 Å². The first-order valence-corrected chi connectivity index (χ1v) is 5.84. The first-order chi connectivity index (χ1) is 6.85. The molecule has 0 radical (unpaired) electrons. The molecule has 0 bridgehead atoms. The van der Waals surface area contributed by atoms with E-state index in [1.54, 1.807) is 18.4 Å². The molecular formula is C10H16N2OS. The van der Waals surface area contributed by atoms with Crippen LogP contribution in [-0.2, 0) is 17.7 Å². The third-order valence-electron chi connectivity index (χ3n) is 2.44. The summed E-state index contributed by atoms with van der Waals surface area (Å²) in [6.45, 7) is 1.39. The summed E-state index contributed by atoms with van der Waals surface area (Å²) >= 11 is 1.75. The van der Waals surface area contributed by atoms with E-state index in [2.05, 4.69) is 4.98 Å². The van der Waals surface area contributed by atoms with Gasteiger partial charge in [0.15, 0.2) is 0 Å². The minimum atomic E-state index is 0.635. The van der Waals surface area contributed by atoms with E-state index in [0.29, 0.717) is 12.5 Å². The summed E-state index contributed by atoms with van der Waals surface area (Å²) < 4.78 is 5.04. The number of hydrogen-bond donors (Lipinski definition) is 1. The van der Waals surface area contributed by atoms with Crippen LogP contribution in [0.3, 0.4) is 0 Å². The van der Waals surface area contributed by atoms with Crippen molar-refractivity contribution in [3.8, 4) is 0 Å². The molecule has 2 N–H and O–H groups in total. The Morgan fingerprint density at radius 2 is 2.36 bits per heavy atom. The van der Waals surface area contributed by atoms with Crippen LogP contribution in [0.1, 0.15) is 34.3 Å². The molecule has 4 heteroatoms. The summed E-state index contributed by atoms with van der Waals surface area (Å²) in [5, 5.41) is 1.18. The third kappa shape index (κ3) is 2.13. The fraction of sp³-hybridized carbons (Fsp3) is 0.700. The van der Waals surface area contributed by atoms with Gasteiger partial charge in [0.05, 0.1) is 17.3 Å². The van der Waals surface area contributed by atoms with Gasteiger partial charge in [0.25, 0.3) is 0 Å². The van der Waals surface area contributed by atoms with Crippen molar-refractivity contribution in [1.29, 1.82) is 0 Å². The normalized spacial score (nSPS) is 16.1. The van der Waals surface area contributed by atoms with Gasteiger partial charge in [0.2, 0.25) is 0 Å². The highest BCUT2D eigenvalue weighted by Gasteiger charge is 2.28. The second kappa shape index (κ2) is 4.38. The van der Waals surface area contributed by atoms with Crippen LogP contribution in [0.25, 0.3) is 0 Å². The van der Waals surface area contributed by atoms with Crippen LogP contribution in [0, 0.1) is 0 Å². The smallest absolute Gasteiger partial charge is 0.0954 e. The minimum absolute atomic E-state index is 0.635. The summed E-state index contributed by atoms with van der Waals surface area (Å²) in [5.74, 6) is 0.709. The summed E-state index contributed by atoms with van der Waals surface area (Å²) in [6.07, 6.45) is 3.50. The summed E-state index contributed by atoms with van der Waals surface area (Å²) in [6, 6.07) is 0. The van der Waals surface area contributed by atoms with Crippen LogP contribution < -0.4 is 5.73 Å². The van der Waals surface area contributed by atoms with Crippen LogP contribution in [0.15, 0.2) is 0 Å². The van der Waals surface area contributed by atoms with Crippen molar-refractivity contribution in [2.75, 3.05) is 13.7 Å². The Balaban J connectivity index is 2.09. The molecule has 0 spiro atoms. The fourth-order valence-corrected chi connectivity index (χ4v) is 2.55. The van der Waals surface area contributed by atoms with Crippen molar-refractivity contribution in [3.05, 3.63) is 15.6 Å². The first-order valence-electron chi connectivity index (χ1n) is 5.02. The first kappa shape index (κ1) is 10.1. The molecule has 0 aromatic carbocycles. The van der Waals surface area contributed by atoms with E-state index in [1.165, 1.54) is 28.4 Å². The van der Waals surface area contributed by atoms with Gasteiger partial charge in [0.1, 0.15) is 0 Å². The van der Waals surface area contributed by atoms with Gasteiger partial charge in [-0.2, -0.15) is 0 Å². The fourth-order valence-electron chi connectivity index (χ4n) is 1.53. The molecule has 1 heterocycles. The molecule has 14 heavy (non-hydrogen) atoms. The van der Waals surface area contributed by atoms with Crippen LogP contribution in [-0.4, -0.2) is 18.7 Å². The number of thiazole rings is 1. The predicted octanol–water partition coefficient (Wildman–Crippen LogP) is 1.67. The number of nitrogens with zero attached hydrogens (tertiary/aromatic N) is 1. The highest BCUT2D eigenvalue weighted by molar-refractivity contribution is 7.11. The van der Waals surface area contributed by atoms with Gasteiger partial charge in [-0.05, 0) is 12.8 Å². The zero-order valence-electron chi connectivity index (χ0n) is 8.45. The SMILES string of the molecule is COCCc1nc(C2CC2)c(CN)s1. The van der Waals surface area contributed by atoms with Gasteiger partial charge < -0.3 is 10.5 Å². The monoisotopic (exact) mass is 212 g/mol. The van der Waals surface area contributed by atoms with Crippen LogP contribution in [0.2, 0.25) is 0 Å². The molecule has 78 valence electrons. The maximum atomic E-state index is 5.70. The maximum Gasteiger partial charge on any atom is 0.0954 e. The van der Waals surface area contributed by atoms with E-state index in [4.69, 9.17) is 10.5 Å². The lowest BCUT2D eigenvalue weighted by atomic mass is 10.2. The van der Waals surface area contributed by atoms with E-state index in [-0.39, 0.29) is 0 Å². The average Bonchev–Trinajstić information content (AvgIpc) is 2.96. The highest BCUT2D eigenvalue weighted by Crippen LogP contribution is 2.42. The molecule has 1 aromatic heterocycles. The van der Waals surface area contributed by atoms with Crippen molar-refractivity contribution in [2.24, 2.45) is 5.73 Å². The van der Waals surface area contributed by atoms with E-state index in [1.807, 2.05) is 0 Å². The second-order valence-corrected chi connectivity index (χ2v) is 4.81. The standard InChI is InChI=1S/C10H16N2OS/c1-13-5-4-9-12-10(7-2-3-7)8(6-11)14-9/h7H,2-6,11H2,1H3. The van der Waals surface area contributed by atoms with Crippen molar-refractivity contribution in [3.63, 3.8) is 0 Å². The molecule has 0 aliphatic heterocycles. The van der Waals surface area contributed by atoms with E-state index < -0.39 is 0 Å². The zero-order chi connectivity index (χ0) is 9.97. The van der Waals surface area contributed by atoms with Gasteiger partial charge in [-0.1, -0.05) is 0 Å². The molecule has 1 aliphatic rings. The summed E-state index contributed by atoms with van der Waals surface area (Å²) in [7, 11) is 1.72. The zero-order valence-corrected chi connectivity index (χ0v) is 9.27. The number of hydrogen-bond acceptors (Lipinski definition) is 4. The van der Waals surface area contributed by atoms with Gasteiger partial charge in [0, 0.05) is 30.9 Å². The van der Waals surface area contributed by atoms with Gasteiger partial charge >= 0.3 is 0 Å². The molecular weight excluding hydrogens is 196 g/mol. The second-order valence-electron chi connectivity index (χ2n) is 3.64. The number of rotatable bonds is 5. The summed E-state index contributed by atoms with van der Waals surface area (Å²) in [5.41, 5.74) is 6.96. The van der Waals surface area contributed by atoms with Gasteiger partial charge in [-0.3, -0.25) is 0 Å². The highest BCUT2D eigenvalue weighted by atomic mass is 32.1. The Labute approximate surface area is 88.3 Å². The Hall–Kier alpha value is -0.450. The van der Waals surface area contributed by atoms with Crippen molar-refractivity contribution in [2.45, 2.75) is 31.7 Å². The number of nitrogens with two attached hydrogens (primary N) is 1.